The van der Waals surface area contributed by atoms with Crippen molar-refractivity contribution in [1.82, 2.24) is 5.32 Å². The number of nitrogens with one attached hydrogen (secondary N) is 1. The van der Waals surface area contributed by atoms with Crippen molar-refractivity contribution in [2.24, 2.45) is 0 Å². The van der Waals surface area contributed by atoms with E-state index in [2.05, 4.69) is 5.32 Å². The fraction of sp³-hybridized carbons (Fsp3) is 0.467. The van der Waals surface area contributed by atoms with Gasteiger partial charge in [-0.15, -0.1) is 0 Å². The molecule has 0 spiro atoms. The highest BCUT2D eigenvalue weighted by atomic mass is 16.4. The molecular formula is C15H20N2O3. The lowest BCUT2D eigenvalue weighted by Gasteiger charge is -2.24. The van der Waals surface area contributed by atoms with E-state index in [1.807, 2.05) is 25.7 Å². The lowest BCUT2D eigenvalue weighted by molar-refractivity contribution is -0.121. The predicted octanol–water partition coefficient (Wildman–Crippen LogP) is 1.66. The van der Waals surface area contributed by atoms with Gasteiger partial charge in [0.25, 0.3) is 0 Å². The van der Waals surface area contributed by atoms with Crippen LogP contribution in [-0.2, 0) is 11.2 Å². The zero-order valence-electron chi connectivity index (χ0n) is 12.1. The van der Waals surface area contributed by atoms with E-state index in [1.54, 1.807) is 18.2 Å². The van der Waals surface area contributed by atoms with Crippen LogP contribution in [0.1, 0.15) is 36.7 Å². The molecule has 1 aliphatic rings. The molecule has 0 aromatic heterocycles. The Balaban J connectivity index is 2.09. The van der Waals surface area contributed by atoms with Gasteiger partial charge in [-0.25, -0.2) is 4.79 Å². The first-order valence-corrected chi connectivity index (χ1v) is 6.68. The van der Waals surface area contributed by atoms with Crippen LogP contribution in [0.4, 0.5) is 5.69 Å². The summed E-state index contributed by atoms with van der Waals surface area (Å²) in [5, 5.41) is 11.9. The average molecular weight is 276 g/mol. The minimum atomic E-state index is -0.920. The molecule has 0 atom stereocenters. The molecule has 0 saturated heterocycles. The zero-order valence-corrected chi connectivity index (χ0v) is 12.1. The van der Waals surface area contributed by atoms with E-state index in [-0.39, 0.29) is 11.4 Å². The second-order valence-corrected chi connectivity index (χ2v) is 6.12. The van der Waals surface area contributed by atoms with E-state index >= 15 is 0 Å². The number of amides is 1. The summed E-state index contributed by atoms with van der Waals surface area (Å²) < 4.78 is 0. The molecule has 0 aliphatic carbocycles. The maximum absolute atomic E-state index is 12.0. The number of carbonyl (C=O) groups is 2. The molecule has 0 fully saturated rings. The topological polar surface area (TPSA) is 69.6 Å². The number of hydrogen-bond acceptors (Lipinski definition) is 3. The number of nitrogens with zero attached hydrogens (tertiary/aromatic N) is 1. The quantitative estimate of drug-likeness (QED) is 0.881. The first-order valence-electron chi connectivity index (χ1n) is 6.68. The Morgan fingerprint density at radius 1 is 1.35 bits per heavy atom. The Labute approximate surface area is 118 Å². The van der Waals surface area contributed by atoms with Crippen molar-refractivity contribution in [3.05, 3.63) is 29.3 Å². The summed E-state index contributed by atoms with van der Waals surface area (Å²) in [4.78, 5) is 24.9. The van der Waals surface area contributed by atoms with Crippen LogP contribution in [0, 0.1) is 0 Å². The summed E-state index contributed by atoms with van der Waals surface area (Å²) in [7, 11) is 0. The summed E-state index contributed by atoms with van der Waals surface area (Å²) in [6.07, 6.45) is 0.777. The van der Waals surface area contributed by atoms with Crippen LogP contribution in [0.2, 0.25) is 0 Å². The minimum Gasteiger partial charge on any atom is -0.478 e. The van der Waals surface area contributed by atoms with Gasteiger partial charge < -0.3 is 15.3 Å². The van der Waals surface area contributed by atoms with Crippen molar-refractivity contribution >= 4 is 17.6 Å². The summed E-state index contributed by atoms with van der Waals surface area (Å²) in [5.41, 5.74) is 2.00. The highest BCUT2D eigenvalue weighted by Gasteiger charge is 2.23. The van der Waals surface area contributed by atoms with E-state index in [9.17, 15) is 9.59 Å². The Morgan fingerprint density at radius 3 is 2.65 bits per heavy atom. The molecule has 1 amide bonds. The average Bonchev–Trinajstić information content (AvgIpc) is 2.69. The number of benzene rings is 1. The van der Waals surface area contributed by atoms with Gasteiger partial charge >= 0.3 is 5.97 Å². The molecule has 1 aromatic carbocycles. The summed E-state index contributed by atoms with van der Waals surface area (Å²) in [6, 6.07) is 5.07. The van der Waals surface area contributed by atoms with Gasteiger partial charge in [-0.3, -0.25) is 4.79 Å². The number of rotatable bonds is 3. The maximum atomic E-state index is 12.0. The summed E-state index contributed by atoms with van der Waals surface area (Å²) in [6.45, 7) is 6.89. The van der Waals surface area contributed by atoms with E-state index in [0.717, 1.165) is 24.2 Å². The summed E-state index contributed by atoms with van der Waals surface area (Å²) in [5.74, 6) is -0.940. The highest BCUT2D eigenvalue weighted by molar-refractivity contribution is 5.89. The Hall–Kier alpha value is -2.04. The number of carboxylic acid groups (broad SMARTS) is 1. The van der Waals surface area contributed by atoms with Crippen LogP contribution in [0.15, 0.2) is 18.2 Å². The molecule has 5 heteroatoms. The normalized spacial score (nSPS) is 14.1. The van der Waals surface area contributed by atoms with Crippen LogP contribution in [0.3, 0.4) is 0 Å². The summed E-state index contributed by atoms with van der Waals surface area (Å²) >= 11 is 0. The smallest absolute Gasteiger partial charge is 0.335 e. The molecule has 5 nitrogen and oxygen atoms in total. The Morgan fingerprint density at radius 2 is 2.05 bits per heavy atom. The number of anilines is 1. The van der Waals surface area contributed by atoms with Gasteiger partial charge in [-0.05, 0) is 51.0 Å². The molecule has 1 aromatic rings. The molecule has 0 bridgehead atoms. The fourth-order valence-corrected chi connectivity index (χ4v) is 2.40. The molecular weight excluding hydrogens is 256 g/mol. The Kier molecular flexibility index (Phi) is 3.70. The molecule has 20 heavy (non-hydrogen) atoms. The largest absolute Gasteiger partial charge is 0.478 e. The number of carboxylic acids is 1. The van der Waals surface area contributed by atoms with Gasteiger partial charge in [0.2, 0.25) is 5.91 Å². The fourth-order valence-electron chi connectivity index (χ4n) is 2.40. The number of hydrogen-bond donors (Lipinski definition) is 2. The lowest BCUT2D eigenvalue weighted by atomic mass is 10.1. The molecule has 0 unspecified atom stereocenters. The second-order valence-electron chi connectivity index (χ2n) is 6.12. The van der Waals surface area contributed by atoms with Gasteiger partial charge in [0.1, 0.15) is 0 Å². The number of aromatic carboxylic acids is 1. The van der Waals surface area contributed by atoms with Gasteiger partial charge in [-0.1, -0.05) is 0 Å². The number of carbonyl (C=O) groups excluding carboxylic acids is 1. The van der Waals surface area contributed by atoms with Crippen LogP contribution in [0.5, 0.6) is 0 Å². The molecule has 1 aliphatic heterocycles. The molecule has 1 heterocycles. The van der Waals surface area contributed by atoms with E-state index in [4.69, 9.17) is 5.11 Å². The van der Waals surface area contributed by atoms with Crippen LogP contribution < -0.4 is 10.2 Å². The van der Waals surface area contributed by atoms with E-state index < -0.39 is 5.97 Å². The lowest BCUT2D eigenvalue weighted by Crippen LogP contribution is -2.45. The predicted molar refractivity (Wildman–Crippen MR) is 77.2 cm³/mol. The van der Waals surface area contributed by atoms with Gasteiger partial charge in [-0.2, -0.15) is 0 Å². The molecule has 2 rings (SSSR count). The van der Waals surface area contributed by atoms with Gasteiger partial charge in [0, 0.05) is 17.8 Å². The van der Waals surface area contributed by atoms with Crippen molar-refractivity contribution in [2.45, 2.75) is 32.7 Å². The van der Waals surface area contributed by atoms with Gasteiger partial charge in [0.15, 0.2) is 0 Å². The third-order valence-electron chi connectivity index (χ3n) is 3.17. The monoisotopic (exact) mass is 276 g/mol. The molecule has 0 radical (unpaired) electrons. The SMILES string of the molecule is CC(C)(C)NC(=O)CN1CCc2cc(C(=O)O)ccc21. The van der Waals surface area contributed by atoms with Crippen LogP contribution >= 0.6 is 0 Å². The van der Waals surface area contributed by atoms with Crippen molar-refractivity contribution in [2.75, 3.05) is 18.0 Å². The second kappa shape index (κ2) is 5.15. The van der Waals surface area contributed by atoms with Crippen molar-refractivity contribution in [1.29, 1.82) is 0 Å². The number of fused-ring (bicyclic) bond motifs is 1. The van der Waals surface area contributed by atoms with Crippen LogP contribution in [-0.4, -0.2) is 35.6 Å². The minimum absolute atomic E-state index is 0.0207. The first-order chi connectivity index (χ1) is 9.26. The first kappa shape index (κ1) is 14.4. The third-order valence-corrected chi connectivity index (χ3v) is 3.17. The van der Waals surface area contributed by atoms with Crippen molar-refractivity contribution < 1.29 is 14.7 Å². The van der Waals surface area contributed by atoms with Crippen molar-refractivity contribution in [3.63, 3.8) is 0 Å². The molecule has 0 saturated carbocycles. The standard InChI is InChI=1S/C15H20N2O3/c1-15(2,3)16-13(18)9-17-7-6-10-8-11(14(19)20)4-5-12(10)17/h4-5,8H,6-7,9H2,1-3H3,(H,16,18)(H,19,20). The maximum Gasteiger partial charge on any atom is 0.335 e. The Bertz CT molecular complexity index is 547. The van der Waals surface area contributed by atoms with Crippen LogP contribution in [0.25, 0.3) is 0 Å². The van der Waals surface area contributed by atoms with E-state index in [0.29, 0.717) is 12.1 Å². The van der Waals surface area contributed by atoms with E-state index in [1.165, 1.54) is 0 Å². The third kappa shape index (κ3) is 3.29. The van der Waals surface area contributed by atoms with Crippen molar-refractivity contribution in [3.8, 4) is 0 Å². The zero-order chi connectivity index (χ0) is 14.9. The highest BCUT2D eigenvalue weighted by Crippen LogP contribution is 2.28. The van der Waals surface area contributed by atoms with Gasteiger partial charge in [0.05, 0.1) is 12.1 Å². The molecule has 2 N–H and O–H groups in total. The molecule has 108 valence electrons.